The normalized spacial score (nSPS) is 11.4. The maximum Gasteiger partial charge on any atom is 0.416 e. The number of hydrogen-bond donors (Lipinski definition) is 2. The van der Waals surface area contributed by atoms with Crippen LogP contribution in [-0.2, 0) is 40.7 Å². The smallest absolute Gasteiger partial charge is 0.416 e. The van der Waals surface area contributed by atoms with E-state index in [4.69, 9.17) is 19.7 Å². The molecule has 0 amide bonds. The van der Waals surface area contributed by atoms with Gasteiger partial charge in [0.1, 0.15) is 18.1 Å². The van der Waals surface area contributed by atoms with Gasteiger partial charge in [0, 0.05) is 17.1 Å². The highest BCUT2D eigenvalue weighted by molar-refractivity contribution is 7.98. The lowest BCUT2D eigenvalue weighted by Crippen LogP contribution is -2.09. The average Bonchev–Trinajstić information content (AvgIpc) is 3.21. The van der Waals surface area contributed by atoms with Crippen molar-refractivity contribution < 1.29 is 55.6 Å². The summed E-state index contributed by atoms with van der Waals surface area (Å²) in [5, 5.41) is 17.5. The Morgan fingerprint density at radius 2 is 1.18 bits per heavy atom. The minimum Gasteiger partial charge on any atom is -0.489 e. The van der Waals surface area contributed by atoms with Crippen molar-refractivity contribution in [2.24, 2.45) is 0 Å². The highest BCUT2D eigenvalue weighted by Crippen LogP contribution is 2.34. The fourth-order valence-electron chi connectivity index (χ4n) is 6.17. The maximum atomic E-state index is 12.8. The topological polar surface area (TPSA) is 93.1 Å². The highest BCUT2D eigenvalue weighted by atomic mass is 32.2. The van der Waals surface area contributed by atoms with Crippen LogP contribution < -0.4 is 9.47 Å². The van der Waals surface area contributed by atoms with Crippen LogP contribution in [0.1, 0.15) is 50.9 Å². The van der Waals surface area contributed by atoms with Crippen molar-refractivity contribution in [2.45, 2.75) is 63.2 Å². The summed E-state index contributed by atoms with van der Waals surface area (Å²) in [5.41, 5.74) is 7.63. The molecule has 0 radical (unpaired) electrons. The van der Waals surface area contributed by atoms with Gasteiger partial charge in [-0.25, -0.2) is 4.79 Å². The Kier molecular flexibility index (Phi) is 15.3. The molecule has 6 nitrogen and oxygen atoms in total. The number of carbonyl (C=O) groups is 2. The number of aryl methyl sites for hydroxylation is 4. The van der Waals surface area contributed by atoms with E-state index in [2.05, 4.69) is 0 Å². The fourth-order valence-corrected chi connectivity index (χ4v) is 7.23. The van der Waals surface area contributed by atoms with Gasteiger partial charge in [-0.05, 0) is 143 Å². The lowest BCUT2D eigenvalue weighted by molar-refractivity contribution is -0.139. The van der Waals surface area contributed by atoms with Crippen LogP contribution in [-0.4, -0.2) is 28.8 Å². The predicted molar refractivity (Wildman–Crippen MR) is 224 cm³/mol. The van der Waals surface area contributed by atoms with Gasteiger partial charge in [0.15, 0.2) is 6.61 Å². The second-order valence-electron chi connectivity index (χ2n) is 14.2. The van der Waals surface area contributed by atoms with Gasteiger partial charge in [0.25, 0.3) is 0 Å². The number of hydrogen-bond acceptors (Lipinski definition) is 5. The third kappa shape index (κ3) is 13.7. The molecule has 6 rings (SSSR count). The van der Waals surface area contributed by atoms with Crippen LogP contribution in [0.15, 0.2) is 132 Å². The number of aliphatic carboxylic acids is 2. The van der Waals surface area contributed by atoms with Crippen molar-refractivity contribution >= 4 is 23.7 Å². The number of halogens is 6. The minimum absolute atomic E-state index is 0.0811. The Balaban J connectivity index is 0.000000231. The van der Waals surface area contributed by atoms with Gasteiger partial charge in [0.05, 0.1) is 11.1 Å². The summed E-state index contributed by atoms with van der Waals surface area (Å²) in [4.78, 5) is 22.4. The largest absolute Gasteiger partial charge is 0.489 e. The van der Waals surface area contributed by atoms with Crippen molar-refractivity contribution in [2.75, 3.05) is 6.61 Å². The summed E-state index contributed by atoms with van der Waals surface area (Å²) >= 11 is 1.62. The molecule has 2 N–H and O–H groups in total. The summed E-state index contributed by atoms with van der Waals surface area (Å²) in [6, 6.07) is 34.7. The van der Waals surface area contributed by atoms with Crippen LogP contribution in [0.2, 0.25) is 0 Å². The summed E-state index contributed by atoms with van der Waals surface area (Å²) in [6.07, 6.45) is -8.15. The molecule has 0 bridgehead atoms. The second kappa shape index (κ2) is 20.4. The third-order valence-corrected chi connectivity index (χ3v) is 10.6. The summed E-state index contributed by atoms with van der Waals surface area (Å²) in [6.45, 7) is 5.69. The average molecular weight is 861 g/mol. The van der Waals surface area contributed by atoms with E-state index >= 15 is 0 Å². The Morgan fingerprint density at radius 1 is 0.574 bits per heavy atom. The number of carboxylic acid groups (broad SMARTS) is 2. The van der Waals surface area contributed by atoms with Gasteiger partial charge in [-0.1, -0.05) is 66.7 Å². The first kappa shape index (κ1) is 45.9. The van der Waals surface area contributed by atoms with Crippen LogP contribution >= 0.6 is 11.8 Å². The molecule has 6 aromatic rings. The molecule has 0 aromatic heterocycles. The molecule has 61 heavy (non-hydrogen) atoms. The lowest BCUT2D eigenvalue weighted by atomic mass is 9.99. The van der Waals surface area contributed by atoms with E-state index in [1.165, 1.54) is 24.3 Å². The van der Waals surface area contributed by atoms with Crippen LogP contribution in [0.4, 0.5) is 26.3 Å². The molecule has 0 unspecified atom stereocenters. The Morgan fingerprint density at radius 3 is 1.74 bits per heavy atom. The molecule has 0 saturated heterocycles. The van der Waals surface area contributed by atoms with Gasteiger partial charge < -0.3 is 19.7 Å². The number of benzene rings is 6. The number of rotatable bonds is 14. The Labute approximate surface area is 353 Å². The van der Waals surface area contributed by atoms with Crippen molar-refractivity contribution in [1.82, 2.24) is 0 Å². The van der Waals surface area contributed by atoms with Crippen molar-refractivity contribution in [3.05, 3.63) is 172 Å². The van der Waals surface area contributed by atoms with E-state index in [1.807, 2.05) is 93.6 Å². The fraction of sp³-hybridized carbons (Fsp3) is 0.208. The SMILES string of the molecule is Cc1cc(OCc2cccc(-c3ccc(C(F)(F)F)cc3)c2)ccc1CCC(=O)O.Cc1ccc(-c2ccc(C(F)(F)F)cc2)cc1CSc1ccc(OCC(=O)O)c(C)c1. The Hall–Kier alpha value is -6.21. The van der Waals surface area contributed by atoms with Crippen LogP contribution in [0.3, 0.4) is 0 Å². The first-order chi connectivity index (χ1) is 28.8. The van der Waals surface area contributed by atoms with E-state index in [1.54, 1.807) is 17.8 Å². The molecule has 318 valence electrons. The van der Waals surface area contributed by atoms with Gasteiger partial charge in [-0.2, -0.15) is 26.3 Å². The summed E-state index contributed by atoms with van der Waals surface area (Å²) in [5.74, 6) is 0.0392. The standard InChI is InChI=1S/C24H21F3O3S.C24H21F3O3/c1-15-3-4-18(17-5-7-20(8-6-17)24(25,26)27)12-19(15)14-31-21-9-10-22(16(2)11-21)30-13-23(28)29;1-16-13-22(11-7-18(16)8-12-23(28)29)30-15-17-3-2-4-20(14-17)19-5-9-21(10-6-19)24(25,26)27/h3-12H,13-14H2,1-2H3,(H,28,29);2-7,9-11,13-14H,8,12,15H2,1H3,(H,28,29). The zero-order valence-corrected chi connectivity index (χ0v) is 34.2. The number of carboxylic acids is 2. The van der Waals surface area contributed by atoms with Gasteiger partial charge in [-0.3, -0.25) is 4.79 Å². The van der Waals surface area contributed by atoms with Gasteiger partial charge >= 0.3 is 24.3 Å². The summed E-state index contributed by atoms with van der Waals surface area (Å²) in [7, 11) is 0. The van der Waals surface area contributed by atoms with E-state index in [-0.39, 0.29) is 13.0 Å². The number of ether oxygens (including phenoxy) is 2. The van der Waals surface area contributed by atoms with Gasteiger partial charge in [-0.15, -0.1) is 11.8 Å². The van der Waals surface area contributed by atoms with Crippen LogP contribution in [0.5, 0.6) is 11.5 Å². The number of alkyl halides is 6. The lowest BCUT2D eigenvalue weighted by Gasteiger charge is -2.12. The minimum atomic E-state index is -4.35. The first-order valence-corrected chi connectivity index (χ1v) is 19.9. The zero-order valence-electron chi connectivity index (χ0n) is 33.4. The van der Waals surface area contributed by atoms with Gasteiger partial charge in [0.2, 0.25) is 0 Å². The molecule has 0 saturated carbocycles. The molecule has 0 fully saturated rings. The molecule has 0 heterocycles. The van der Waals surface area contributed by atoms with E-state index < -0.39 is 35.4 Å². The first-order valence-electron chi connectivity index (χ1n) is 18.9. The summed E-state index contributed by atoms with van der Waals surface area (Å²) < 4.78 is 87.7. The predicted octanol–water partition coefficient (Wildman–Crippen LogP) is 13.0. The maximum absolute atomic E-state index is 12.8. The van der Waals surface area contributed by atoms with Crippen molar-refractivity contribution in [3.63, 3.8) is 0 Å². The van der Waals surface area contributed by atoms with E-state index in [0.29, 0.717) is 35.8 Å². The quantitative estimate of drug-likeness (QED) is 0.0832. The third-order valence-electron chi connectivity index (χ3n) is 9.59. The molecular weight excluding hydrogens is 819 g/mol. The molecule has 6 aromatic carbocycles. The second-order valence-corrected chi connectivity index (χ2v) is 15.2. The van der Waals surface area contributed by atoms with E-state index in [9.17, 15) is 35.9 Å². The monoisotopic (exact) mass is 860 g/mol. The van der Waals surface area contributed by atoms with Crippen LogP contribution in [0.25, 0.3) is 22.3 Å². The van der Waals surface area contributed by atoms with Crippen molar-refractivity contribution in [1.29, 1.82) is 0 Å². The Bertz CT molecular complexity index is 2440. The molecule has 0 spiro atoms. The zero-order chi connectivity index (χ0) is 44.3. The van der Waals surface area contributed by atoms with Crippen LogP contribution in [0, 0.1) is 20.8 Å². The molecule has 0 aliphatic heterocycles. The molecular formula is C48H42F6O6S. The van der Waals surface area contributed by atoms with Crippen molar-refractivity contribution in [3.8, 4) is 33.8 Å². The molecule has 0 atom stereocenters. The molecule has 0 aliphatic rings. The highest BCUT2D eigenvalue weighted by Gasteiger charge is 2.30. The number of thioether (sulfide) groups is 1. The van der Waals surface area contributed by atoms with E-state index in [0.717, 1.165) is 79.2 Å². The molecule has 13 heteroatoms. The molecule has 0 aliphatic carbocycles.